The van der Waals surface area contributed by atoms with E-state index >= 15 is 0 Å². The molecule has 19 heavy (non-hydrogen) atoms. The Bertz CT molecular complexity index is 394. The third-order valence-electron chi connectivity index (χ3n) is 3.80. The number of hydrogen-bond donors (Lipinski definition) is 2. The van der Waals surface area contributed by atoms with Crippen LogP contribution in [0.1, 0.15) is 24.6 Å². The van der Waals surface area contributed by atoms with Gasteiger partial charge in [0.2, 0.25) is 5.91 Å². The first-order chi connectivity index (χ1) is 9.20. The van der Waals surface area contributed by atoms with Crippen molar-refractivity contribution in [3.05, 3.63) is 22.4 Å². The molecule has 0 aliphatic carbocycles. The van der Waals surface area contributed by atoms with Gasteiger partial charge in [-0.15, -0.1) is 11.3 Å². The van der Waals surface area contributed by atoms with Crippen LogP contribution in [0.4, 0.5) is 0 Å². The fourth-order valence-corrected chi connectivity index (χ4v) is 3.31. The van der Waals surface area contributed by atoms with Crippen molar-refractivity contribution in [1.29, 1.82) is 0 Å². The summed E-state index contributed by atoms with van der Waals surface area (Å²) in [6.07, 6.45) is 2.24. The molecule has 1 aromatic heterocycles. The van der Waals surface area contributed by atoms with Crippen LogP contribution in [-0.2, 0) is 11.3 Å². The van der Waals surface area contributed by atoms with Gasteiger partial charge in [0.25, 0.3) is 0 Å². The molecule has 2 unspecified atom stereocenters. The molecule has 5 heteroatoms. The van der Waals surface area contributed by atoms with Crippen molar-refractivity contribution in [2.75, 3.05) is 19.7 Å². The van der Waals surface area contributed by atoms with Crippen molar-refractivity contribution in [3.63, 3.8) is 0 Å². The first kappa shape index (κ1) is 14.5. The average molecular weight is 282 g/mol. The third-order valence-corrected chi connectivity index (χ3v) is 4.68. The molecule has 0 saturated carbocycles. The predicted molar refractivity (Wildman–Crippen MR) is 77.0 cm³/mol. The van der Waals surface area contributed by atoms with Crippen LogP contribution in [0.5, 0.6) is 0 Å². The zero-order valence-corrected chi connectivity index (χ0v) is 12.2. The van der Waals surface area contributed by atoms with E-state index < -0.39 is 0 Å². The molecular formula is C14H22N2O2S. The van der Waals surface area contributed by atoms with Gasteiger partial charge in [0.05, 0.1) is 19.7 Å². The number of thiophene rings is 1. The number of nitrogens with zero attached hydrogens (tertiary/aromatic N) is 1. The number of carbonyl (C=O) groups excluding carboxylic acids is 1. The van der Waals surface area contributed by atoms with Crippen LogP contribution in [0, 0.1) is 5.92 Å². The van der Waals surface area contributed by atoms with Gasteiger partial charge < -0.3 is 10.4 Å². The van der Waals surface area contributed by atoms with Crippen molar-refractivity contribution >= 4 is 17.2 Å². The molecule has 1 aromatic rings. The Balaban J connectivity index is 1.80. The van der Waals surface area contributed by atoms with Gasteiger partial charge in [-0.3, -0.25) is 9.69 Å². The normalized spacial score (nSPS) is 24.3. The summed E-state index contributed by atoms with van der Waals surface area (Å²) in [5.74, 6) is 0.504. The summed E-state index contributed by atoms with van der Waals surface area (Å²) in [5, 5.41) is 14.4. The number of hydrogen-bond acceptors (Lipinski definition) is 4. The quantitative estimate of drug-likeness (QED) is 0.859. The summed E-state index contributed by atoms with van der Waals surface area (Å²) in [6, 6.07) is 4.13. The van der Waals surface area contributed by atoms with Crippen LogP contribution < -0.4 is 5.32 Å². The standard InChI is InChI=1S/C14H22N2O2S/c1-11-4-2-6-16(13(11)10-17)9-14(18)15-8-12-5-3-7-19-12/h3,5,7,11,13,17H,2,4,6,8-10H2,1H3,(H,15,18). The van der Waals surface area contributed by atoms with Gasteiger partial charge in [-0.25, -0.2) is 0 Å². The lowest BCUT2D eigenvalue weighted by atomic mass is 9.91. The van der Waals surface area contributed by atoms with Crippen LogP contribution >= 0.6 is 11.3 Å². The highest BCUT2D eigenvalue weighted by atomic mass is 32.1. The van der Waals surface area contributed by atoms with E-state index in [1.807, 2.05) is 17.5 Å². The first-order valence-corrected chi connectivity index (χ1v) is 7.72. The van der Waals surface area contributed by atoms with E-state index in [1.54, 1.807) is 11.3 Å². The highest BCUT2D eigenvalue weighted by Gasteiger charge is 2.28. The van der Waals surface area contributed by atoms with E-state index in [-0.39, 0.29) is 18.6 Å². The van der Waals surface area contributed by atoms with Gasteiger partial charge >= 0.3 is 0 Å². The molecule has 2 heterocycles. The van der Waals surface area contributed by atoms with Crippen molar-refractivity contribution in [2.45, 2.75) is 32.4 Å². The van der Waals surface area contributed by atoms with E-state index in [1.165, 1.54) is 4.88 Å². The number of aliphatic hydroxyl groups excluding tert-OH is 1. The van der Waals surface area contributed by atoms with Gasteiger partial charge in [0, 0.05) is 10.9 Å². The highest BCUT2D eigenvalue weighted by molar-refractivity contribution is 7.09. The maximum Gasteiger partial charge on any atom is 0.234 e. The second-order valence-corrected chi connectivity index (χ2v) is 6.23. The molecule has 106 valence electrons. The Morgan fingerprint density at radius 1 is 1.63 bits per heavy atom. The maximum atomic E-state index is 11.9. The molecule has 0 radical (unpaired) electrons. The highest BCUT2D eigenvalue weighted by Crippen LogP contribution is 2.22. The predicted octanol–water partition coefficient (Wildman–Crippen LogP) is 1.46. The number of amides is 1. The zero-order valence-electron chi connectivity index (χ0n) is 11.3. The molecule has 0 aromatic carbocycles. The molecule has 0 spiro atoms. The number of likely N-dealkylation sites (tertiary alicyclic amines) is 1. The molecular weight excluding hydrogens is 260 g/mol. The van der Waals surface area contributed by atoms with E-state index in [0.717, 1.165) is 19.4 Å². The minimum atomic E-state index is 0.0425. The van der Waals surface area contributed by atoms with Crippen molar-refractivity contribution in [3.8, 4) is 0 Å². The van der Waals surface area contributed by atoms with Crippen LogP contribution in [-0.4, -0.2) is 41.7 Å². The topological polar surface area (TPSA) is 52.6 Å². The third kappa shape index (κ3) is 4.03. The van der Waals surface area contributed by atoms with Gasteiger partial charge in [0.15, 0.2) is 0 Å². The molecule has 1 aliphatic heterocycles. The Morgan fingerprint density at radius 3 is 3.16 bits per heavy atom. The van der Waals surface area contributed by atoms with E-state index in [9.17, 15) is 9.90 Å². The van der Waals surface area contributed by atoms with Crippen LogP contribution in [0.15, 0.2) is 17.5 Å². The van der Waals surface area contributed by atoms with E-state index in [2.05, 4.69) is 17.1 Å². The molecule has 2 atom stereocenters. The second-order valence-electron chi connectivity index (χ2n) is 5.20. The smallest absolute Gasteiger partial charge is 0.234 e. The maximum absolute atomic E-state index is 11.9. The summed E-state index contributed by atoms with van der Waals surface area (Å²) < 4.78 is 0. The number of rotatable bonds is 5. The Hall–Kier alpha value is -0.910. The lowest BCUT2D eigenvalue weighted by molar-refractivity contribution is -0.124. The SMILES string of the molecule is CC1CCCN(CC(=O)NCc2cccs2)C1CO. The monoisotopic (exact) mass is 282 g/mol. The summed E-state index contributed by atoms with van der Waals surface area (Å²) >= 11 is 1.65. The molecule has 1 fully saturated rings. The zero-order chi connectivity index (χ0) is 13.7. The molecule has 1 saturated heterocycles. The minimum Gasteiger partial charge on any atom is -0.395 e. The van der Waals surface area contributed by atoms with E-state index in [0.29, 0.717) is 19.0 Å². The Morgan fingerprint density at radius 2 is 2.47 bits per heavy atom. The Kier molecular flexibility index (Phi) is 5.36. The molecule has 0 bridgehead atoms. The molecule has 4 nitrogen and oxygen atoms in total. The molecule has 2 rings (SSSR count). The number of carbonyl (C=O) groups is 1. The fourth-order valence-electron chi connectivity index (χ4n) is 2.67. The van der Waals surface area contributed by atoms with Gasteiger partial charge in [0.1, 0.15) is 0 Å². The largest absolute Gasteiger partial charge is 0.395 e. The van der Waals surface area contributed by atoms with Gasteiger partial charge in [-0.1, -0.05) is 13.0 Å². The second kappa shape index (κ2) is 7.03. The lowest BCUT2D eigenvalue weighted by Crippen LogP contribution is -2.50. The first-order valence-electron chi connectivity index (χ1n) is 6.84. The van der Waals surface area contributed by atoms with E-state index in [4.69, 9.17) is 0 Å². The van der Waals surface area contributed by atoms with Crippen molar-refractivity contribution in [2.24, 2.45) is 5.92 Å². The van der Waals surface area contributed by atoms with Crippen molar-refractivity contribution < 1.29 is 9.90 Å². The summed E-state index contributed by atoms with van der Waals surface area (Å²) in [4.78, 5) is 15.2. The fraction of sp³-hybridized carbons (Fsp3) is 0.643. The molecule has 2 N–H and O–H groups in total. The van der Waals surface area contributed by atoms with Crippen LogP contribution in [0.2, 0.25) is 0 Å². The minimum absolute atomic E-state index is 0.0425. The summed E-state index contributed by atoms with van der Waals surface area (Å²) in [5.41, 5.74) is 0. The Labute approximate surface area is 118 Å². The van der Waals surface area contributed by atoms with Crippen molar-refractivity contribution in [1.82, 2.24) is 10.2 Å². The number of aliphatic hydroxyl groups is 1. The van der Waals surface area contributed by atoms with Crippen LogP contribution in [0.25, 0.3) is 0 Å². The molecule has 1 aliphatic rings. The van der Waals surface area contributed by atoms with Gasteiger partial charge in [-0.05, 0) is 36.8 Å². The summed E-state index contributed by atoms with van der Waals surface area (Å²) in [6.45, 7) is 4.18. The van der Waals surface area contributed by atoms with Crippen LogP contribution in [0.3, 0.4) is 0 Å². The number of piperidine rings is 1. The summed E-state index contributed by atoms with van der Waals surface area (Å²) in [7, 11) is 0. The molecule has 1 amide bonds. The lowest BCUT2D eigenvalue weighted by Gasteiger charge is -2.38. The average Bonchev–Trinajstić information content (AvgIpc) is 2.90. The number of nitrogens with one attached hydrogen (secondary N) is 1. The van der Waals surface area contributed by atoms with Gasteiger partial charge in [-0.2, -0.15) is 0 Å².